The van der Waals surface area contributed by atoms with Crippen molar-refractivity contribution >= 4 is 33.8 Å². The van der Waals surface area contributed by atoms with Crippen LogP contribution in [0, 0.1) is 10.1 Å². The highest BCUT2D eigenvalue weighted by Gasteiger charge is 2.22. The zero-order valence-corrected chi connectivity index (χ0v) is 11.4. The molecule has 0 saturated carbocycles. The summed E-state index contributed by atoms with van der Waals surface area (Å²) in [6.45, 7) is 0. The minimum Gasteiger partial charge on any atom is -0.334 e. The molecule has 4 N–H and O–H groups in total. The third-order valence-corrected chi connectivity index (χ3v) is 3.18. The van der Waals surface area contributed by atoms with Gasteiger partial charge in [0, 0.05) is 11.1 Å². The summed E-state index contributed by atoms with van der Waals surface area (Å²) in [5.74, 6) is 5.29. The number of aromatic nitrogens is 2. The number of hydrogen-bond donors (Lipinski definition) is 3. The van der Waals surface area contributed by atoms with Crippen molar-refractivity contribution < 1.29 is 4.92 Å². The van der Waals surface area contributed by atoms with E-state index in [0.717, 1.165) is 10.8 Å². The van der Waals surface area contributed by atoms with Crippen molar-refractivity contribution in [1.29, 1.82) is 0 Å². The number of nitro groups is 1. The summed E-state index contributed by atoms with van der Waals surface area (Å²) in [6.07, 6.45) is 1.20. The molecule has 1 heterocycles. The smallest absolute Gasteiger partial charge is 0.334 e. The molecule has 22 heavy (non-hydrogen) atoms. The quantitative estimate of drug-likeness (QED) is 0.384. The summed E-state index contributed by atoms with van der Waals surface area (Å²) >= 11 is 0. The summed E-state index contributed by atoms with van der Waals surface area (Å²) in [6, 6.07) is 13.4. The van der Waals surface area contributed by atoms with Crippen LogP contribution in [0.1, 0.15) is 0 Å². The molecule has 8 heteroatoms. The third-order valence-electron chi connectivity index (χ3n) is 3.18. The number of hydrazine groups is 1. The number of benzene rings is 2. The molecule has 2 aromatic carbocycles. The molecule has 0 fully saturated rings. The fraction of sp³-hybridized carbons (Fsp3) is 0. The van der Waals surface area contributed by atoms with Crippen molar-refractivity contribution in [3.63, 3.8) is 0 Å². The van der Waals surface area contributed by atoms with Crippen LogP contribution in [0.2, 0.25) is 0 Å². The molecule has 110 valence electrons. The molecule has 0 amide bonds. The molecular weight excluding hydrogens is 284 g/mol. The summed E-state index contributed by atoms with van der Waals surface area (Å²) in [4.78, 5) is 18.4. The van der Waals surface area contributed by atoms with E-state index in [1.165, 1.54) is 6.33 Å². The van der Waals surface area contributed by atoms with Crippen molar-refractivity contribution in [2.24, 2.45) is 5.84 Å². The van der Waals surface area contributed by atoms with Gasteiger partial charge < -0.3 is 10.7 Å². The van der Waals surface area contributed by atoms with E-state index >= 15 is 0 Å². The molecule has 8 nitrogen and oxygen atoms in total. The van der Waals surface area contributed by atoms with E-state index in [-0.39, 0.29) is 17.3 Å². The molecule has 0 radical (unpaired) electrons. The second-order valence-electron chi connectivity index (χ2n) is 4.47. The van der Waals surface area contributed by atoms with Crippen LogP contribution < -0.4 is 16.6 Å². The minimum atomic E-state index is -0.581. The summed E-state index contributed by atoms with van der Waals surface area (Å²) < 4.78 is 0. The molecule has 3 rings (SSSR count). The minimum absolute atomic E-state index is 0.0530. The van der Waals surface area contributed by atoms with Gasteiger partial charge in [0.05, 0.1) is 4.92 Å². The van der Waals surface area contributed by atoms with E-state index in [1.807, 2.05) is 42.5 Å². The van der Waals surface area contributed by atoms with Gasteiger partial charge >= 0.3 is 5.69 Å². The molecule has 0 spiro atoms. The fourth-order valence-corrected chi connectivity index (χ4v) is 2.21. The lowest BCUT2D eigenvalue weighted by Crippen LogP contribution is -2.12. The Labute approximate surface area is 125 Å². The van der Waals surface area contributed by atoms with Crippen molar-refractivity contribution in [2.75, 3.05) is 10.7 Å². The number of hydrogen-bond acceptors (Lipinski definition) is 7. The van der Waals surface area contributed by atoms with Crippen LogP contribution in [-0.4, -0.2) is 14.9 Å². The predicted octanol–water partition coefficient (Wildman–Crippen LogP) is 2.57. The Hall–Kier alpha value is -3.26. The van der Waals surface area contributed by atoms with Crippen LogP contribution in [0.15, 0.2) is 48.8 Å². The van der Waals surface area contributed by atoms with E-state index < -0.39 is 4.92 Å². The first kappa shape index (κ1) is 13.7. The van der Waals surface area contributed by atoms with Crippen molar-refractivity contribution in [3.8, 4) is 0 Å². The van der Waals surface area contributed by atoms with Gasteiger partial charge in [0.25, 0.3) is 0 Å². The number of anilines is 3. The van der Waals surface area contributed by atoms with Crippen molar-refractivity contribution in [1.82, 2.24) is 9.97 Å². The van der Waals surface area contributed by atoms with Crippen LogP contribution in [0.25, 0.3) is 10.8 Å². The highest BCUT2D eigenvalue weighted by atomic mass is 16.6. The number of nitrogens with one attached hydrogen (secondary N) is 2. The maximum absolute atomic E-state index is 11.2. The molecule has 3 aromatic rings. The normalized spacial score (nSPS) is 10.4. The van der Waals surface area contributed by atoms with Gasteiger partial charge in [-0.25, -0.2) is 15.8 Å². The zero-order valence-electron chi connectivity index (χ0n) is 11.4. The molecular formula is C14H12N6O2. The standard InChI is InChI=1S/C14H12N6O2/c15-19-14-12(20(21)22)13(16-8-17-14)18-11-7-3-5-9-4-1-2-6-10(9)11/h1-8H,15H2,(H2,16,17,18,19). The molecule has 0 unspecified atom stereocenters. The Bertz CT molecular complexity index is 846. The Morgan fingerprint density at radius 1 is 1.05 bits per heavy atom. The molecule has 0 aliphatic carbocycles. The first-order chi connectivity index (χ1) is 10.7. The molecule has 0 aliphatic rings. The maximum Gasteiger partial charge on any atom is 0.354 e. The lowest BCUT2D eigenvalue weighted by molar-refractivity contribution is -0.383. The Morgan fingerprint density at radius 2 is 1.77 bits per heavy atom. The Balaban J connectivity index is 2.11. The first-order valence-corrected chi connectivity index (χ1v) is 6.41. The second-order valence-corrected chi connectivity index (χ2v) is 4.47. The predicted molar refractivity (Wildman–Crippen MR) is 83.7 cm³/mol. The lowest BCUT2D eigenvalue weighted by Gasteiger charge is -2.10. The third kappa shape index (κ3) is 2.38. The monoisotopic (exact) mass is 296 g/mol. The van der Waals surface area contributed by atoms with Gasteiger partial charge in [-0.1, -0.05) is 36.4 Å². The molecule has 0 bridgehead atoms. The summed E-state index contributed by atoms with van der Waals surface area (Å²) in [7, 11) is 0. The van der Waals surface area contributed by atoms with Crippen LogP contribution in [0.3, 0.4) is 0 Å². The number of rotatable bonds is 4. The van der Waals surface area contributed by atoms with Gasteiger partial charge in [-0.05, 0) is 11.5 Å². The van der Waals surface area contributed by atoms with Crippen LogP contribution in [-0.2, 0) is 0 Å². The van der Waals surface area contributed by atoms with E-state index in [0.29, 0.717) is 5.69 Å². The Morgan fingerprint density at radius 3 is 2.55 bits per heavy atom. The topological polar surface area (TPSA) is 119 Å². The van der Waals surface area contributed by atoms with E-state index in [1.54, 1.807) is 0 Å². The lowest BCUT2D eigenvalue weighted by atomic mass is 10.1. The van der Waals surface area contributed by atoms with E-state index in [2.05, 4.69) is 20.7 Å². The fourth-order valence-electron chi connectivity index (χ4n) is 2.21. The van der Waals surface area contributed by atoms with Gasteiger partial charge in [0.15, 0.2) is 0 Å². The van der Waals surface area contributed by atoms with Gasteiger partial charge in [-0.2, -0.15) is 0 Å². The van der Waals surface area contributed by atoms with E-state index in [4.69, 9.17) is 5.84 Å². The molecule has 0 aliphatic heterocycles. The van der Waals surface area contributed by atoms with Crippen LogP contribution >= 0.6 is 0 Å². The second kappa shape index (κ2) is 5.62. The molecule has 1 aromatic heterocycles. The highest BCUT2D eigenvalue weighted by molar-refractivity contribution is 5.95. The molecule has 0 atom stereocenters. The number of nitrogens with two attached hydrogens (primary N) is 1. The number of nitrogen functional groups attached to an aromatic ring is 1. The van der Waals surface area contributed by atoms with Crippen LogP contribution in [0.4, 0.5) is 23.0 Å². The summed E-state index contributed by atoms with van der Waals surface area (Å²) in [5, 5.41) is 16.2. The SMILES string of the molecule is NNc1ncnc(Nc2cccc3ccccc23)c1[N+](=O)[O-]. The highest BCUT2D eigenvalue weighted by Crippen LogP contribution is 2.32. The number of nitrogens with zero attached hydrogens (tertiary/aromatic N) is 3. The summed E-state index contributed by atoms with van der Waals surface area (Å²) in [5.41, 5.74) is 2.61. The average Bonchev–Trinajstić information content (AvgIpc) is 2.54. The van der Waals surface area contributed by atoms with E-state index in [9.17, 15) is 10.1 Å². The van der Waals surface area contributed by atoms with Crippen LogP contribution in [0.5, 0.6) is 0 Å². The number of fused-ring (bicyclic) bond motifs is 1. The zero-order chi connectivity index (χ0) is 15.5. The van der Waals surface area contributed by atoms with Crippen molar-refractivity contribution in [2.45, 2.75) is 0 Å². The average molecular weight is 296 g/mol. The van der Waals surface area contributed by atoms with Gasteiger partial charge in [-0.3, -0.25) is 10.1 Å². The van der Waals surface area contributed by atoms with Gasteiger partial charge in [-0.15, -0.1) is 0 Å². The first-order valence-electron chi connectivity index (χ1n) is 6.41. The maximum atomic E-state index is 11.2. The van der Waals surface area contributed by atoms with Gasteiger partial charge in [0.2, 0.25) is 11.6 Å². The van der Waals surface area contributed by atoms with Gasteiger partial charge in [0.1, 0.15) is 6.33 Å². The van der Waals surface area contributed by atoms with Crippen molar-refractivity contribution in [3.05, 3.63) is 58.9 Å². The Kier molecular flexibility index (Phi) is 3.50. The molecule has 0 saturated heterocycles. The largest absolute Gasteiger partial charge is 0.354 e.